The summed E-state index contributed by atoms with van der Waals surface area (Å²) in [7, 11) is 0. The molecule has 0 aliphatic rings. The van der Waals surface area contributed by atoms with Crippen LogP contribution in [-0.4, -0.2) is 17.4 Å². The van der Waals surface area contributed by atoms with Crippen molar-refractivity contribution in [1.29, 1.82) is 0 Å². The van der Waals surface area contributed by atoms with E-state index >= 15 is 0 Å². The molecular formula is C11H14ClF3N2. The van der Waals surface area contributed by atoms with E-state index in [1.54, 1.807) is 0 Å². The summed E-state index contributed by atoms with van der Waals surface area (Å²) in [5, 5.41) is 2.70. The zero-order valence-corrected chi connectivity index (χ0v) is 9.98. The van der Waals surface area contributed by atoms with Gasteiger partial charge >= 0.3 is 6.18 Å². The standard InChI is InChI=1S/C11H14ClF3N2/c12-6-2-1-3-7-16-10-9(11(13,14)15)5-4-8-17-10/h4-5,8H,1-3,6-7H2,(H,16,17). The fourth-order valence-corrected chi connectivity index (χ4v) is 1.57. The van der Waals surface area contributed by atoms with Gasteiger partial charge in [0.05, 0.1) is 5.56 Å². The van der Waals surface area contributed by atoms with Crippen molar-refractivity contribution in [2.75, 3.05) is 17.7 Å². The average Bonchev–Trinajstić information content (AvgIpc) is 2.28. The Morgan fingerprint density at radius 1 is 1.24 bits per heavy atom. The van der Waals surface area contributed by atoms with Crippen LogP contribution < -0.4 is 5.32 Å². The van der Waals surface area contributed by atoms with Gasteiger partial charge < -0.3 is 5.32 Å². The lowest BCUT2D eigenvalue weighted by Gasteiger charge is -2.12. The molecule has 0 aromatic carbocycles. The quantitative estimate of drug-likeness (QED) is 0.623. The van der Waals surface area contributed by atoms with Crippen LogP contribution >= 0.6 is 11.6 Å². The third-order valence-electron chi connectivity index (χ3n) is 2.22. The van der Waals surface area contributed by atoms with Gasteiger partial charge in [0.15, 0.2) is 0 Å². The Morgan fingerprint density at radius 2 is 2.00 bits per heavy atom. The van der Waals surface area contributed by atoms with E-state index in [9.17, 15) is 13.2 Å². The molecule has 0 amide bonds. The van der Waals surface area contributed by atoms with Crippen molar-refractivity contribution >= 4 is 17.4 Å². The summed E-state index contributed by atoms with van der Waals surface area (Å²) in [6.45, 7) is 0.469. The fourth-order valence-electron chi connectivity index (χ4n) is 1.38. The van der Waals surface area contributed by atoms with E-state index in [1.165, 1.54) is 12.3 Å². The summed E-state index contributed by atoms with van der Waals surface area (Å²) >= 11 is 5.50. The Balaban J connectivity index is 2.53. The normalized spacial score (nSPS) is 11.5. The SMILES string of the molecule is FC(F)(F)c1cccnc1NCCCCCCl. The van der Waals surface area contributed by atoms with Crippen LogP contribution in [0, 0.1) is 0 Å². The van der Waals surface area contributed by atoms with Crippen molar-refractivity contribution in [3.63, 3.8) is 0 Å². The second kappa shape index (κ2) is 6.69. The van der Waals surface area contributed by atoms with Crippen LogP contribution in [0.1, 0.15) is 24.8 Å². The summed E-state index contributed by atoms with van der Waals surface area (Å²) in [4.78, 5) is 3.71. The number of hydrogen-bond donors (Lipinski definition) is 1. The highest BCUT2D eigenvalue weighted by Crippen LogP contribution is 2.33. The Hall–Kier alpha value is -0.970. The Bertz CT molecular complexity index is 342. The van der Waals surface area contributed by atoms with Crippen molar-refractivity contribution in [3.05, 3.63) is 23.9 Å². The van der Waals surface area contributed by atoms with E-state index in [1.807, 2.05) is 0 Å². The first-order valence-electron chi connectivity index (χ1n) is 5.37. The number of hydrogen-bond acceptors (Lipinski definition) is 2. The van der Waals surface area contributed by atoms with Crippen molar-refractivity contribution in [2.24, 2.45) is 0 Å². The van der Waals surface area contributed by atoms with Gasteiger partial charge in [0.1, 0.15) is 5.82 Å². The number of rotatable bonds is 6. The molecule has 2 nitrogen and oxygen atoms in total. The monoisotopic (exact) mass is 266 g/mol. The molecule has 0 radical (unpaired) electrons. The second-order valence-electron chi connectivity index (χ2n) is 3.57. The van der Waals surface area contributed by atoms with Gasteiger partial charge in [0.2, 0.25) is 0 Å². The maximum atomic E-state index is 12.6. The zero-order chi connectivity index (χ0) is 12.7. The van der Waals surface area contributed by atoms with Crippen LogP contribution in [0.5, 0.6) is 0 Å². The van der Waals surface area contributed by atoms with E-state index in [-0.39, 0.29) is 5.82 Å². The first kappa shape index (κ1) is 14.1. The van der Waals surface area contributed by atoms with Gasteiger partial charge in [-0.1, -0.05) is 6.42 Å². The van der Waals surface area contributed by atoms with Crippen molar-refractivity contribution in [3.8, 4) is 0 Å². The predicted molar refractivity (Wildman–Crippen MR) is 62.3 cm³/mol. The summed E-state index contributed by atoms with van der Waals surface area (Å²) < 4.78 is 37.7. The lowest BCUT2D eigenvalue weighted by atomic mass is 10.2. The molecule has 96 valence electrons. The highest BCUT2D eigenvalue weighted by atomic mass is 35.5. The van der Waals surface area contributed by atoms with E-state index in [0.717, 1.165) is 25.3 Å². The van der Waals surface area contributed by atoms with Gasteiger partial charge in [0, 0.05) is 18.6 Å². The Kier molecular flexibility index (Phi) is 5.55. The van der Waals surface area contributed by atoms with E-state index < -0.39 is 11.7 Å². The molecule has 17 heavy (non-hydrogen) atoms. The Morgan fingerprint density at radius 3 is 2.65 bits per heavy atom. The molecular weight excluding hydrogens is 253 g/mol. The first-order valence-corrected chi connectivity index (χ1v) is 5.91. The van der Waals surface area contributed by atoms with Crippen LogP contribution in [0.15, 0.2) is 18.3 Å². The molecule has 1 N–H and O–H groups in total. The molecule has 0 saturated carbocycles. The molecule has 0 spiro atoms. The molecule has 0 unspecified atom stereocenters. The molecule has 1 aromatic heterocycles. The fraction of sp³-hybridized carbons (Fsp3) is 0.545. The summed E-state index contributed by atoms with van der Waals surface area (Å²) in [5.41, 5.74) is -0.725. The highest BCUT2D eigenvalue weighted by Gasteiger charge is 2.33. The molecule has 1 aromatic rings. The molecule has 0 aliphatic heterocycles. The number of alkyl halides is 4. The molecule has 1 heterocycles. The number of nitrogens with one attached hydrogen (secondary N) is 1. The van der Waals surface area contributed by atoms with Crippen molar-refractivity contribution in [1.82, 2.24) is 4.98 Å². The number of halogens is 4. The largest absolute Gasteiger partial charge is 0.419 e. The minimum Gasteiger partial charge on any atom is -0.370 e. The highest BCUT2D eigenvalue weighted by molar-refractivity contribution is 6.17. The van der Waals surface area contributed by atoms with Crippen LogP contribution in [-0.2, 0) is 6.18 Å². The van der Waals surface area contributed by atoms with Crippen LogP contribution in [0.25, 0.3) is 0 Å². The van der Waals surface area contributed by atoms with Gasteiger partial charge in [-0.25, -0.2) is 4.98 Å². The molecule has 1 rings (SSSR count). The van der Waals surface area contributed by atoms with E-state index in [0.29, 0.717) is 12.4 Å². The molecule has 0 saturated heterocycles. The molecule has 0 fully saturated rings. The van der Waals surface area contributed by atoms with Gasteiger partial charge in [-0.05, 0) is 25.0 Å². The van der Waals surface area contributed by atoms with Gasteiger partial charge in [-0.2, -0.15) is 13.2 Å². The van der Waals surface area contributed by atoms with Crippen molar-refractivity contribution in [2.45, 2.75) is 25.4 Å². The maximum Gasteiger partial charge on any atom is 0.419 e. The lowest BCUT2D eigenvalue weighted by molar-refractivity contribution is -0.137. The zero-order valence-electron chi connectivity index (χ0n) is 9.23. The topological polar surface area (TPSA) is 24.9 Å². The van der Waals surface area contributed by atoms with E-state index in [2.05, 4.69) is 10.3 Å². The van der Waals surface area contributed by atoms with Gasteiger partial charge in [-0.15, -0.1) is 11.6 Å². The first-order chi connectivity index (χ1) is 8.05. The van der Waals surface area contributed by atoms with E-state index in [4.69, 9.17) is 11.6 Å². The minimum atomic E-state index is -4.37. The third-order valence-corrected chi connectivity index (χ3v) is 2.48. The third kappa shape index (κ3) is 4.81. The van der Waals surface area contributed by atoms with Crippen molar-refractivity contribution < 1.29 is 13.2 Å². The van der Waals surface area contributed by atoms with Gasteiger partial charge in [-0.3, -0.25) is 0 Å². The number of anilines is 1. The number of unbranched alkanes of at least 4 members (excludes halogenated alkanes) is 2. The molecule has 6 heteroatoms. The second-order valence-corrected chi connectivity index (χ2v) is 3.95. The number of nitrogens with zero attached hydrogens (tertiary/aromatic N) is 1. The summed E-state index contributed by atoms with van der Waals surface area (Å²) in [6.07, 6.45) is -0.480. The Labute approximate surface area is 103 Å². The molecule has 0 aliphatic carbocycles. The summed E-state index contributed by atoms with van der Waals surface area (Å²) in [6, 6.07) is 2.30. The molecule has 0 bridgehead atoms. The smallest absolute Gasteiger partial charge is 0.370 e. The number of pyridine rings is 1. The lowest BCUT2D eigenvalue weighted by Crippen LogP contribution is -2.13. The average molecular weight is 267 g/mol. The number of aromatic nitrogens is 1. The maximum absolute atomic E-state index is 12.6. The summed E-state index contributed by atoms with van der Waals surface area (Å²) in [5.74, 6) is 0.475. The van der Waals surface area contributed by atoms with Crippen LogP contribution in [0.3, 0.4) is 0 Å². The molecule has 0 atom stereocenters. The van der Waals surface area contributed by atoms with Crippen LogP contribution in [0.4, 0.5) is 19.0 Å². The predicted octanol–water partition coefficient (Wildman–Crippen LogP) is 3.92. The van der Waals surface area contributed by atoms with Gasteiger partial charge in [0.25, 0.3) is 0 Å². The van der Waals surface area contributed by atoms with Crippen LogP contribution in [0.2, 0.25) is 0 Å². The minimum absolute atomic E-state index is 0.106.